The lowest BCUT2D eigenvalue weighted by Crippen LogP contribution is -2.29. The SMILES string of the molecule is Cc1cc(C(=O)NC2C(C)(C)C2(C)C)sc1C#CCN. The van der Waals surface area contributed by atoms with E-state index in [1.165, 1.54) is 11.3 Å². The van der Waals surface area contributed by atoms with Crippen molar-refractivity contribution in [1.82, 2.24) is 5.32 Å². The molecule has 3 N–H and O–H groups in total. The molecule has 0 unspecified atom stereocenters. The van der Waals surface area contributed by atoms with Crippen LogP contribution < -0.4 is 11.1 Å². The minimum atomic E-state index is 0.00236. The molecule has 0 aliphatic heterocycles. The number of amides is 1. The zero-order valence-electron chi connectivity index (χ0n) is 12.8. The summed E-state index contributed by atoms with van der Waals surface area (Å²) in [5, 5.41) is 3.15. The lowest BCUT2D eigenvalue weighted by molar-refractivity contribution is 0.0947. The Morgan fingerprint density at radius 1 is 1.40 bits per heavy atom. The minimum absolute atomic E-state index is 0.00236. The predicted molar refractivity (Wildman–Crippen MR) is 83.8 cm³/mol. The highest BCUT2D eigenvalue weighted by atomic mass is 32.1. The third-order valence-electron chi connectivity index (χ3n) is 4.74. The number of aryl methyl sites for hydroxylation is 1. The molecule has 0 bridgehead atoms. The van der Waals surface area contributed by atoms with E-state index < -0.39 is 0 Å². The van der Waals surface area contributed by atoms with Crippen molar-refractivity contribution in [3.05, 3.63) is 21.4 Å². The van der Waals surface area contributed by atoms with Gasteiger partial charge in [-0.05, 0) is 29.4 Å². The molecule has 1 amide bonds. The molecule has 1 aromatic rings. The quantitative estimate of drug-likeness (QED) is 0.822. The van der Waals surface area contributed by atoms with Crippen molar-refractivity contribution in [2.24, 2.45) is 16.6 Å². The topological polar surface area (TPSA) is 55.1 Å². The Balaban J connectivity index is 2.12. The summed E-state index contributed by atoms with van der Waals surface area (Å²) in [6.07, 6.45) is 0. The van der Waals surface area contributed by atoms with Crippen molar-refractivity contribution in [1.29, 1.82) is 0 Å². The fourth-order valence-electron chi connectivity index (χ4n) is 2.61. The van der Waals surface area contributed by atoms with Crippen molar-refractivity contribution >= 4 is 17.2 Å². The lowest BCUT2D eigenvalue weighted by Gasteiger charge is -2.04. The number of carbonyl (C=O) groups excluding carboxylic acids is 1. The highest BCUT2D eigenvalue weighted by Gasteiger charge is 2.65. The van der Waals surface area contributed by atoms with Gasteiger partial charge in [0, 0.05) is 6.04 Å². The monoisotopic (exact) mass is 290 g/mol. The largest absolute Gasteiger partial charge is 0.347 e. The highest BCUT2D eigenvalue weighted by Crippen LogP contribution is 2.62. The molecular weight excluding hydrogens is 268 g/mol. The summed E-state index contributed by atoms with van der Waals surface area (Å²) in [6.45, 7) is 11.1. The first-order valence-corrected chi connectivity index (χ1v) is 7.63. The fourth-order valence-corrected chi connectivity index (χ4v) is 3.56. The predicted octanol–water partition coefficient (Wildman–Crippen LogP) is 2.53. The number of nitrogens with one attached hydrogen (secondary N) is 1. The number of nitrogens with two attached hydrogens (primary N) is 1. The Bertz CT molecular complexity index is 588. The van der Waals surface area contributed by atoms with E-state index in [1.807, 2.05) is 13.0 Å². The summed E-state index contributed by atoms with van der Waals surface area (Å²) in [5.74, 6) is 5.85. The lowest BCUT2D eigenvalue weighted by atomic mass is 10.0. The maximum absolute atomic E-state index is 12.3. The normalized spacial score (nSPS) is 19.1. The molecule has 0 spiro atoms. The van der Waals surface area contributed by atoms with Crippen LogP contribution in [0.15, 0.2) is 6.07 Å². The fraction of sp³-hybridized carbons (Fsp3) is 0.562. The molecule has 1 saturated carbocycles. The number of thiophene rings is 1. The Hall–Kier alpha value is -1.31. The van der Waals surface area contributed by atoms with Crippen LogP contribution >= 0.6 is 11.3 Å². The van der Waals surface area contributed by atoms with Crippen LogP contribution in [0.4, 0.5) is 0 Å². The molecule has 0 radical (unpaired) electrons. The molecule has 0 saturated heterocycles. The second kappa shape index (κ2) is 4.91. The summed E-state index contributed by atoms with van der Waals surface area (Å²) in [4.78, 5) is 14.0. The molecule has 1 aliphatic carbocycles. The zero-order chi connectivity index (χ0) is 15.1. The number of carbonyl (C=O) groups is 1. The molecule has 0 atom stereocenters. The van der Waals surface area contributed by atoms with E-state index in [0.717, 1.165) is 15.3 Å². The van der Waals surface area contributed by atoms with Gasteiger partial charge in [0.05, 0.1) is 16.3 Å². The first-order chi connectivity index (χ1) is 9.21. The first-order valence-electron chi connectivity index (χ1n) is 6.82. The van der Waals surface area contributed by atoms with E-state index >= 15 is 0 Å². The molecule has 108 valence electrons. The van der Waals surface area contributed by atoms with Crippen LogP contribution in [0.1, 0.15) is 47.8 Å². The summed E-state index contributed by atoms with van der Waals surface area (Å²) in [5.41, 5.74) is 6.72. The second-order valence-electron chi connectivity index (χ2n) is 6.48. The highest BCUT2D eigenvalue weighted by molar-refractivity contribution is 7.14. The summed E-state index contributed by atoms with van der Waals surface area (Å²) < 4.78 is 0. The summed E-state index contributed by atoms with van der Waals surface area (Å²) >= 11 is 1.44. The van der Waals surface area contributed by atoms with Crippen LogP contribution in [-0.2, 0) is 0 Å². The van der Waals surface area contributed by atoms with Crippen LogP contribution in [0.2, 0.25) is 0 Å². The van der Waals surface area contributed by atoms with Crippen LogP contribution in [0, 0.1) is 29.6 Å². The Kier molecular flexibility index (Phi) is 3.70. The van der Waals surface area contributed by atoms with E-state index in [9.17, 15) is 4.79 Å². The summed E-state index contributed by atoms with van der Waals surface area (Å²) in [6, 6.07) is 2.13. The van der Waals surface area contributed by atoms with Gasteiger partial charge in [0.15, 0.2) is 0 Å². The average molecular weight is 290 g/mol. The number of rotatable bonds is 2. The third-order valence-corrected chi connectivity index (χ3v) is 5.89. The molecule has 1 aromatic heterocycles. The van der Waals surface area contributed by atoms with Crippen LogP contribution in [0.5, 0.6) is 0 Å². The number of hydrogen-bond acceptors (Lipinski definition) is 3. The third kappa shape index (κ3) is 2.36. The smallest absolute Gasteiger partial charge is 0.261 e. The Labute approximate surface area is 124 Å². The molecule has 1 fully saturated rings. The van der Waals surface area contributed by atoms with Gasteiger partial charge in [-0.25, -0.2) is 0 Å². The van der Waals surface area contributed by atoms with Gasteiger partial charge in [-0.3, -0.25) is 4.79 Å². The molecule has 1 heterocycles. The van der Waals surface area contributed by atoms with Gasteiger partial charge in [-0.1, -0.05) is 39.5 Å². The van der Waals surface area contributed by atoms with E-state index in [2.05, 4.69) is 44.9 Å². The van der Waals surface area contributed by atoms with Crippen molar-refractivity contribution in [2.45, 2.75) is 40.7 Å². The molecule has 1 aliphatic rings. The minimum Gasteiger partial charge on any atom is -0.347 e. The van der Waals surface area contributed by atoms with Crippen LogP contribution in [0.25, 0.3) is 0 Å². The first kappa shape index (κ1) is 15.1. The summed E-state index contributed by atoms with van der Waals surface area (Å²) in [7, 11) is 0. The van der Waals surface area contributed by atoms with E-state index in [0.29, 0.717) is 6.54 Å². The van der Waals surface area contributed by atoms with Crippen LogP contribution in [0.3, 0.4) is 0 Å². The molecule has 20 heavy (non-hydrogen) atoms. The van der Waals surface area contributed by atoms with Gasteiger partial charge < -0.3 is 11.1 Å². The van der Waals surface area contributed by atoms with Crippen molar-refractivity contribution in [3.63, 3.8) is 0 Å². The maximum atomic E-state index is 12.3. The molecule has 2 rings (SSSR count). The van der Waals surface area contributed by atoms with Crippen molar-refractivity contribution in [2.75, 3.05) is 6.54 Å². The van der Waals surface area contributed by atoms with E-state index in [4.69, 9.17) is 5.73 Å². The van der Waals surface area contributed by atoms with Gasteiger partial charge in [-0.15, -0.1) is 11.3 Å². The van der Waals surface area contributed by atoms with Gasteiger partial charge in [0.25, 0.3) is 5.91 Å². The van der Waals surface area contributed by atoms with Gasteiger partial charge in [-0.2, -0.15) is 0 Å². The van der Waals surface area contributed by atoms with Crippen LogP contribution in [-0.4, -0.2) is 18.5 Å². The number of hydrogen-bond donors (Lipinski definition) is 2. The average Bonchev–Trinajstić information content (AvgIpc) is 2.66. The van der Waals surface area contributed by atoms with Crippen molar-refractivity contribution < 1.29 is 4.79 Å². The molecular formula is C16H22N2OS. The Morgan fingerprint density at radius 3 is 2.50 bits per heavy atom. The van der Waals surface area contributed by atoms with E-state index in [-0.39, 0.29) is 22.8 Å². The second-order valence-corrected chi connectivity index (χ2v) is 7.53. The van der Waals surface area contributed by atoms with Gasteiger partial charge in [0.1, 0.15) is 0 Å². The zero-order valence-corrected chi connectivity index (χ0v) is 13.6. The van der Waals surface area contributed by atoms with Gasteiger partial charge in [0.2, 0.25) is 0 Å². The van der Waals surface area contributed by atoms with Crippen molar-refractivity contribution in [3.8, 4) is 11.8 Å². The molecule has 3 nitrogen and oxygen atoms in total. The Morgan fingerprint density at radius 2 is 2.00 bits per heavy atom. The van der Waals surface area contributed by atoms with E-state index in [1.54, 1.807) is 0 Å². The molecule has 4 heteroatoms. The standard InChI is InChI=1S/C16H22N2OS/c1-10-9-12(20-11(10)7-6-8-17)13(19)18-14-15(2,3)16(14,4)5/h9,14H,8,17H2,1-5H3,(H,18,19). The molecule has 0 aromatic carbocycles. The maximum Gasteiger partial charge on any atom is 0.261 e. The van der Waals surface area contributed by atoms with Gasteiger partial charge >= 0.3 is 0 Å².